The molecular weight excluding hydrogens is 739 g/mol. The van der Waals surface area contributed by atoms with Crippen molar-refractivity contribution in [1.82, 2.24) is 9.13 Å². The zero-order valence-electron chi connectivity index (χ0n) is 32.4. The van der Waals surface area contributed by atoms with Crippen LogP contribution in [0.4, 0.5) is 8.78 Å². The minimum atomic E-state index is -0.331. The second-order valence-corrected chi connectivity index (χ2v) is 15.9. The maximum atomic E-state index is 15.2. The highest BCUT2D eigenvalue weighted by atomic mass is 19.1. The Labute approximate surface area is 345 Å². The van der Waals surface area contributed by atoms with Gasteiger partial charge in [0.1, 0.15) is 11.6 Å². The molecule has 0 saturated carbocycles. The van der Waals surface area contributed by atoms with E-state index in [1.807, 2.05) is 16.7 Å². The number of allylic oxidation sites excluding steroid dienone is 5. The fourth-order valence-corrected chi connectivity index (χ4v) is 10.1. The SMILES string of the molecule is Fc1ccc2c(c1)c1cc(-c3ccc4c(c3)c3ccccc3n4-c3ccc(C4=C5C=CC=CC5C(c5ccccc5)c5ccccc54)cc3)ccc1n2-c1ccccc1F. The van der Waals surface area contributed by atoms with E-state index in [2.05, 4.69) is 162 Å². The zero-order valence-corrected chi connectivity index (χ0v) is 32.4. The molecule has 2 unspecified atom stereocenters. The highest BCUT2D eigenvalue weighted by Gasteiger charge is 2.35. The minimum absolute atomic E-state index is 0.237. The van der Waals surface area contributed by atoms with Gasteiger partial charge in [-0.15, -0.1) is 0 Å². The summed E-state index contributed by atoms with van der Waals surface area (Å²) in [5.74, 6) is -0.177. The first kappa shape index (κ1) is 34.5. The third kappa shape index (κ3) is 5.24. The summed E-state index contributed by atoms with van der Waals surface area (Å²) in [6, 6.07) is 61.8. The lowest BCUT2D eigenvalue weighted by atomic mass is 9.66. The van der Waals surface area contributed by atoms with Crippen LogP contribution in [-0.4, -0.2) is 9.13 Å². The summed E-state index contributed by atoms with van der Waals surface area (Å²) in [4.78, 5) is 0. The van der Waals surface area contributed by atoms with Gasteiger partial charge >= 0.3 is 0 Å². The molecule has 2 heterocycles. The van der Waals surface area contributed by atoms with Crippen molar-refractivity contribution in [3.8, 4) is 22.5 Å². The lowest BCUT2D eigenvalue weighted by Gasteiger charge is -2.36. The molecule has 4 heteroatoms. The van der Waals surface area contributed by atoms with Gasteiger partial charge in [-0.25, -0.2) is 8.78 Å². The van der Waals surface area contributed by atoms with Gasteiger partial charge in [0.15, 0.2) is 0 Å². The monoisotopic (exact) mass is 774 g/mol. The molecule has 0 radical (unpaired) electrons. The molecule has 60 heavy (non-hydrogen) atoms. The van der Waals surface area contributed by atoms with E-state index < -0.39 is 0 Å². The minimum Gasteiger partial charge on any atom is -0.309 e. The number of benzene rings is 8. The van der Waals surface area contributed by atoms with Crippen LogP contribution < -0.4 is 0 Å². The summed E-state index contributed by atoms with van der Waals surface area (Å²) in [5.41, 5.74) is 15.2. The first-order valence-corrected chi connectivity index (χ1v) is 20.5. The average molecular weight is 775 g/mol. The summed E-state index contributed by atoms with van der Waals surface area (Å²) >= 11 is 0. The number of rotatable bonds is 5. The van der Waals surface area contributed by atoms with Crippen LogP contribution in [0.2, 0.25) is 0 Å². The molecule has 12 rings (SSSR count). The van der Waals surface area contributed by atoms with Gasteiger partial charge in [-0.05, 0) is 117 Å². The molecule has 2 aliphatic carbocycles. The molecule has 0 N–H and O–H groups in total. The van der Waals surface area contributed by atoms with Crippen molar-refractivity contribution in [3.05, 3.63) is 246 Å². The third-order valence-corrected chi connectivity index (χ3v) is 12.7. The van der Waals surface area contributed by atoms with Crippen molar-refractivity contribution in [2.75, 3.05) is 0 Å². The van der Waals surface area contributed by atoms with Gasteiger partial charge in [0.2, 0.25) is 0 Å². The fraction of sp³-hybridized carbons (Fsp3) is 0.0357. The molecule has 10 aromatic rings. The van der Waals surface area contributed by atoms with Crippen molar-refractivity contribution >= 4 is 49.2 Å². The van der Waals surface area contributed by atoms with Crippen LogP contribution in [0.15, 0.2) is 212 Å². The van der Waals surface area contributed by atoms with Crippen LogP contribution in [0.3, 0.4) is 0 Å². The van der Waals surface area contributed by atoms with Crippen molar-refractivity contribution in [2.24, 2.45) is 5.92 Å². The summed E-state index contributed by atoms with van der Waals surface area (Å²) in [6.45, 7) is 0. The van der Waals surface area contributed by atoms with Crippen molar-refractivity contribution in [3.63, 3.8) is 0 Å². The summed E-state index contributed by atoms with van der Waals surface area (Å²) < 4.78 is 34.2. The molecule has 0 saturated heterocycles. The Balaban J connectivity index is 0.970. The van der Waals surface area contributed by atoms with E-state index in [-0.39, 0.29) is 23.5 Å². The lowest BCUT2D eigenvalue weighted by molar-refractivity contribution is 0.621. The van der Waals surface area contributed by atoms with Crippen molar-refractivity contribution < 1.29 is 8.78 Å². The highest BCUT2D eigenvalue weighted by Crippen LogP contribution is 2.50. The third-order valence-electron chi connectivity index (χ3n) is 12.7. The van der Waals surface area contributed by atoms with Gasteiger partial charge in [-0.2, -0.15) is 0 Å². The fourth-order valence-electron chi connectivity index (χ4n) is 10.1. The summed E-state index contributed by atoms with van der Waals surface area (Å²) in [5, 5.41) is 3.92. The number of para-hydroxylation sites is 2. The molecule has 0 bridgehead atoms. The Morgan fingerprint density at radius 1 is 0.450 bits per heavy atom. The standard InChI is InChI=1S/C56H36F2N2/c57-39-26-31-53-48(34-39)47-33-38(25-30-52(47)60(53)54-21-11-9-19-49(54)58)37-24-29-51-46(32-37)41-14-8-10-20-50(41)59(51)40-27-22-36(23-28-40)56-44-17-6-4-15-42(44)55(35-12-2-1-3-13-35)43-16-5-7-18-45(43)56/h1-34,42,55H. The number of aromatic nitrogens is 2. The Kier molecular flexibility index (Phi) is 7.76. The number of hydrogen-bond donors (Lipinski definition) is 0. The maximum Gasteiger partial charge on any atom is 0.147 e. The highest BCUT2D eigenvalue weighted by molar-refractivity contribution is 6.12. The number of nitrogens with zero attached hydrogens (tertiary/aromatic N) is 2. The lowest BCUT2D eigenvalue weighted by Crippen LogP contribution is -2.22. The number of fused-ring (bicyclic) bond motifs is 8. The maximum absolute atomic E-state index is 15.2. The Bertz CT molecular complexity index is 3450. The molecule has 284 valence electrons. The van der Waals surface area contributed by atoms with Crippen molar-refractivity contribution in [1.29, 1.82) is 0 Å². The molecule has 2 nitrogen and oxygen atoms in total. The first-order chi connectivity index (χ1) is 29.6. The molecule has 8 aromatic carbocycles. The topological polar surface area (TPSA) is 9.86 Å². The Hall–Kier alpha value is -7.56. The predicted molar refractivity (Wildman–Crippen MR) is 243 cm³/mol. The Morgan fingerprint density at radius 2 is 1.07 bits per heavy atom. The van der Waals surface area contributed by atoms with E-state index in [1.54, 1.807) is 24.3 Å². The smallest absolute Gasteiger partial charge is 0.147 e. The Morgan fingerprint density at radius 3 is 1.87 bits per heavy atom. The molecule has 2 atom stereocenters. The van der Waals surface area contributed by atoms with Crippen LogP contribution in [0.1, 0.15) is 28.2 Å². The summed E-state index contributed by atoms with van der Waals surface area (Å²) in [6.07, 6.45) is 9.04. The second-order valence-electron chi connectivity index (χ2n) is 15.9. The summed E-state index contributed by atoms with van der Waals surface area (Å²) in [7, 11) is 0. The van der Waals surface area contributed by atoms with E-state index in [4.69, 9.17) is 0 Å². The molecule has 2 aliphatic rings. The van der Waals surface area contributed by atoms with Crippen LogP contribution in [0, 0.1) is 17.6 Å². The van der Waals surface area contributed by atoms with Gasteiger partial charge in [-0.3, -0.25) is 0 Å². The average Bonchev–Trinajstić information content (AvgIpc) is 3.80. The van der Waals surface area contributed by atoms with E-state index >= 15 is 4.39 Å². The molecule has 0 aliphatic heterocycles. The van der Waals surface area contributed by atoms with E-state index in [1.165, 1.54) is 45.5 Å². The van der Waals surface area contributed by atoms with Crippen LogP contribution in [0.5, 0.6) is 0 Å². The van der Waals surface area contributed by atoms with Gasteiger partial charge < -0.3 is 9.13 Å². The molecule has 0 spiro atoms. The normalized spacial score (nSPS) is 16.0. The van der Waals surface area contributed by atoms with Gasteiger partial charge in [-0.1, -0.05) is 133 Å². The molecule has 0 fully saturated rings. The van der Waals surface area contributed by atoms with Crippen LogP contribution in [-0.2, 0) is 0 Å². The van der Waals surface area contributed by atoms with E-state index in [0.29, 0.717) is 5.69 Å². The number of halogens is 2. The van der Waals surface area contributed by atoms with E-state index in [0.717, 1.165) is 60.4 Å². The van der Waals surface area contributed by atoms with Crippen molar-refractivity contribution in [2.45, 2.75) is 5.92 Å². The largest absolute Gasteiger partial charge is 0.309 e. The number of hydrogen-bond acceptors (Lipinski definition) is 0. The quantitative estimate of drug-likeness (QED) is 0.165. The second kappa shape index (κ2) is 13.5. The zero-order chi connectivity index (χ0) is 39.9. The van der Waals surface area contributed by atoms with Gasteiger partial charge in [0, 0.05) is 39.1 Å². The molecule has 0 amide bonds. The molecule has 2 aromatic heterocycles. The first-order valence-electron chi connectivity index (χ1n) is 20.5. The van der Waals surface area contributed by atoms with E-state index in [9.17, 15) is 4.39 Å². The molecular formula is C56H36F2N2. The predicted octanol–water partition coefficient (Wildman–Crippen LogP) is 14.5. The van der Waals surface area contributed by atoms with Gasteiger partial charge in [0.25, 0.3) is 0 Å². The van der Waals surface area contributed by atoms with Gasteiger partial charge in [0.05, 0.1) is 27.8 Å². The van der Waals surface area contributed by atoms with Crippen LogP contribution in [0.25, 0.3) is 71.7 Å². The van der Waals surface area contributed by atoms with Crippen LogP contribution >= 0.6 is 0 Å².